The molecule has 4 nitrogen and oxygen atoms in total. The number of carbonyl (C=O) groups excluding carboxylic acids is 1. The lowest BCUT2D eigenvalue weighted by Gasteiger charge is -2.06. The van der Waals surface area contributed by atoms with Gasteiger partial charge in [-0.05, 0) is 46.6 Å². The van der Waals surface area contributed by atoms with Crippen molar-refractivity contribution < 1.29 is 9.53 Å². The van der Waals surface area contributed by atoms with Gasteiger partial charge in [0.05, 0.1) is 22.7 Å². The summed E-state index contributed by atoms with van der Waals surface area (Å²) in [5, 5.41) is 0.789. The van der Waals surface area contributed by atoms with Crippen LogP contribution in [0.3, 0.4) is 0 Å². The van der Waals surface area contributed by atoms with E-state index in [1.165, 1.54) is 7.11 Å². The van der Waals surface area contributed by atoms with Gasteiger partial charge in [-0.25, -0.2) is 4.79 Å². The van der Waals surface area contributed by atoms with E-state index in [0.717, 1.165) is 16.5 Å². The largest absolute Gasteiger partial charge is 0.465 e. The minimum atomic E-state index is -0.391. The van der Waals surface area contributed by atoms with Crippen molar-refractivity contribution >= 4 is 32.8 Å². The van der Waals surface area contributed by atoms with Gasteiger partial charge in [-0.2, -0.15) is 0 Å². The van der Waals surface area contributed by atoms with Crippen LogP contribution in [0.4, 0.5) is 0 Å². The molecule has 1 N–H and O–H groups in total. The van der Waals surface area contributed by atoms with Gasteiger partial charge in [0, 0.05) is 5.39 Å². The first kappa shape index (κ1) is 11.9. The van der Waals surface area contributed by atoms with Crippen molar-refractivity contribution in [3.8, 4) is 0 Å². The number of benzene rings is 1. The molecule has 0 aliphatic heterocycles. The molecule has 0 aliphatic rings. The summed E-state index contributed by atoms with van der Waals surface area (Å²) in [5.74, 6) is -0.391. The second kappa shape index (κ2) is 4.33. The second-order valence-electron chi connectivity index (χ2n) is 3.70. The number of H-pyrrole nitrogens is 1. The van der Waals surface area contributed by atoms with Crippen LogP contribution < -0.4 is 5.56 Å². The number of esters is 1. The first-order chi connectivity index (χ1) is 8.02. The molecule has 1 aromatic heterocycles. The van der Waals surface area contributed by atoms with Crippen molar-refractivity contribution in [2.75, 3.05) is 7.11 Å². The lowest BCUT2D eigenvalue weighted by molar-refractivity contribution is 0.0601. The molecule has 1 aromatic carbocycles. The van der Waals surface area contributed by atoms with E-state index in [-0.39, 0.29) is 5.56 Å². The van der Waals surface area contributed by atoms with E-state index in [4.69, 9.17) is 0 Å². The third-order valence-corrected chi connectivity index (χ3v) is 3.11. The van der Waals surface area contributed by atoms with Gasteiger partial charge in [0.2, 0.25) is 0 Å². The van der Waals surface area contributed by atoms with Crippen LogP contribution in [-0.2, 0) is 4.74 Å². The highest BCUT2D eigenvalue weighted by Gasteiger charge is 2.10. The molecule has 0 aliphatic carbocycles. The van der Waals surface area contributed by atoms with E-state index in [9.17, 15) is 9.59 Å². The lowest BCUT2D eigenvalue weighted by atomic mass is 10.1. The Morgan fingerprint density at radius 2 is 2.06 bits per heavy atom. The molecule has 5 heteroatoms. The Labute approximate surface area is 106 Å². The first-order valence-corrected chi connectivity index (χ1v) is 5.73. The van der Waals surface area contributed by atoms with Crippen LogP contribution in [0, 0.1) is 6.92 Å². The number of carbonyl (C=O) groups is 1. The summed E-state index contributed by atoms with van der Waals surface area (Å²) in [6.45, 7) is 1.83. The number of methoxy groups -OCH3 is 1. The Hall–Kier alpha value is -1.62. The number of aryl methyl sites for hydroxylation is 1. The molecular weight excluding hydrogens is 286 g/mol. The van der Waals surface area contributed by atoms with Crippen molar-refractivity contribution in [3.05, 3.63) is 44.2 Å². The molecule has 0 atom stereocenters. The Morgan fingerprint density at radius 1 is 1.35 bits per heavy atom. The van der Waals surface area contributed by atoms with Gasteiger partial charge >= 0.3 is 5.97 Å². The number of pyridine rings is 1. The SMILES string of the molecule is COC(=O)c1cc(C)c2[nH]c(=O)c(Br)cc2c1. The molecule has 2 rings (SSSR count). The fraction of sp³-hybridized carbons (Fsp3) is 0.167. The first-order valence-electron chi connectivity index (χ1n) is 4.94. The summed E-state index contributed by atoms with van der Waals surface area (Å²) < 4.78 is 5.11. The maximum Gasteiger partial charge on any atom is 0.337 e. The molecule has 0 spiro atoms. The number of hydrogen-bond donors (Lipinski definition) is 1. The highest BCUT2D eigenvalue weighted by Crippen LogP contribution is 2.20. The highest BCUT2D eigenvalue weighted by atomic mass is 79.9. The summed E-state index contributed by atoms with van der Waals surface area (Å²) in [6.07, 6.45) is 0. The number of fused-ring (bicyclic) bond motifs is 1. The van der Waals surface area contributed by atoms with Gasteiger partial charge in [-0.1, -0.05) is 0 Å². The third-order valence-electron chi connectivity index (χ3n) is 2.52. The van der Waals surface area contributed by atoms with E-state index in [2.05, 4.69) is 25.7 Å². The Bertz CT molecular complexity index is 661. The average molecular weight is 296 g/mol. The fourth-order valence-electron chi connectivity index (χ4n) is 1.71. The monoisotopic (exact) mass is 295 g/mol. The summed E-state index contributed by atoms with van der Waals surface area (Å²) in [4.78, 5) is 25.7. The molecule has 0 amide bonds. The quantitative estimate of drug-likeness (QED) is 0.822. The summed E-state index contributed by atoms with van der Waals surface area (Å²) in [5.41, 5.74) is 1.83. The molecular formula is C12H10BrNO3. The number of rotatable bonds is 1. The smallest absolute Gasteiger partial charge is 0.337 e. The summed E-state index contributed by atoms with van der Waals surface area (Å²) >= 11 is 3.16. The van der Waals surface area contributed by atoms with E-state index >= 15 is 0 Å². The second-order valence-corrected chi connectivity index (χ2v) is 4.55. The van der Waals surface area contributed by atoms with Gasteiger partial charge in [0.15, 0.2) is 0 Å². The van der Waals surface area contributed by atoms with Crippen LogP contribution in [0.15, 0.2) is 27.5 Å². The van der Waals surface area contributed by atoms with Crippen LogP contribution in [0.5, 0.6) is 0 Å². The van der Waals surface area contributed by atoms with E-state index in [0.29, 0.717) is 10.0 Å². The van der Waals surface area contributed by atoms with Crippen molar-refractivity contribution in [1.29, 1.82) is 0 Å². The van der Waals surface area contributed by atoms with Gasteiger partial charge in [0.1, 0.15) is 0 Å². The average Bonchev–Trinajstić information content (AvgIpc) is 2.30. The van der Waals surface area contributed by atoms with E-state index < -0.39 is 5.97 Å². The Morgan fingerprint density at radius 3 is 2.71 bits per heavy atom. The zero-order chi connectivity index (χ0) is 12.6. The van der Waals surface area contributed by atoms with E-state index in [1.807, 2.05) is 6.92 Å². The number of ether oxygens (including phenoxy) is 1. The van der Waals surface area contributed by atoms with Crippen LogP contribution in [0.25, 0.3) is 10.9 Å². The van der Waals surface area contributed by atoms with Crippen molar-refractivity contribution in [2.24, 2.45) is 0 Å². The molecule has 0 saturated heterocycles. The zero-order valence-electron chi connectivity index (χ0n) is 9.33. The highest BCUT2D eigenvalue weighted by molar-refractivity contribution is 9.10. The predicted octanol–water partition coefficient (Wildman–Crippen LogP) is 2.39. The predicted molar refractivity (Wildman–Crippen MR) is 68.3 cm³/mol. The molecule has 0 fully saturated rings. The van der Waals surface area contributed by atoms with Gasteiger partial charge in [-0.15, -0.1) is 0 Å². The number of halogens is 1. The Balaban J connectivity index is 2.77. The van der Waals surface area contributed by atoms with Crippen molar-refractivity contribution in [1.82, 2.24) is 4.98 Å². The van der Waals surface area contributed by atoms with Crippen LogP contribution >= 0.6 is 15.9 Å². The molecule has 17 heavy (non-hydrogen) atoms. The molecule has 0 bridgehead atoms. The molecule has 1 heterocycles. The number of nitrogens with one attached hydrogen (secondary N) is 1. The topological polar surface area (TPSA) is 59.2 Å². The minimum Gasteiger partial charge on any atom is -0.465 e. The summed E-state index contributed by atoms with van der Waals surface area (Å²) in [7, 11) is 1.34. The molecule has 0 radical (unpaired) electrons. The van der Waals surface area contributed by atoms with E-state index in [1.54, 1.807) is 18.2 Å². The third kappa shape index (κ3) is 2.10. The molecule has 88 valence electrons. The minimum absolute atomic E-state index is 0.189. The number of aromatic amines is 1. The van der Waals surface area contributed by atoms with Crippen LogP contribution in [0.1, 0.15) is 15.9 Å². The van der Waals surface area contributed by atoms with Gasteiger partial charge < -0.3 is 9.72 Å². The normalized spacial score (nSPS) is 10.5. The molecule has 2 aromatic rings. The lowest BCUT2D eigenvalue weighted by Crippen LogP contribution is -2.08. The molecule has 0 saturated carbocycles. The maximum absolute atomic E-state index is 11.5. The van der Waals surface area contributed by atoms with Crippen molar-refractivity contribution in [2.45, 2.75) is 6.92 Å². The molecule has 0 unspecified atom stereocenters. The van der Waals surface area contributed by atoms with Gasteiger partial charge in [0.25, 0.3) is 5.56 Å². The maximum atomic E-state index is 11.5. The summed E-state index contributed by atoms with van der Waals surface area (Å²) in [6, 6.07) is 5.07. The number of aromatic nitrogens is 1. The van der Waals surface area contributed by atoms with Gasteiger partial charge in [-0.3, -0.25) is 4.79 Å². The zero-order valence-corrected chi connectivity index (χ0v) is 10.9. The fourth-order valence-corrected chi connectivity index (χ4v) is 2.06. The standard InChI is InChI=1S/C12H10BrNO3/c1-6-3-8(12(16)17-2)4-7-5-9(13)11(15)14-10(6)7/h3-5H,1-2H3,(H,14,15). The Kier molecular flexibility index (Phi) is 3.02. The van der Waals surface area contributed by atoms with Crippen molar-refractivity contribution in [3.63, 3.8) is 0 Å². The number of hydrogen-bond acceptors (Lipinski definition) is 3. The van der Waals surface area contributed by atoms with Crippen LogP contribution in [-0.4, -0.2) is 18.1 Å². The van der Waals surface area contributed by atoms with Crippen LogP contribution in [0.2, 0.25) is 0 Å².